The number of carbonyl (C=O) groups is 1. The summed E-state index contributed by atoms with van der Waals surface area (Å²) >= 11 is 0. The van der Waals surface area contributed by atoms with E-state index in [-0.39, 0.29) is 11.4 Å². The van der Waals surface area contributed by atoms with Gasteiger partial charge in [0.1, 0.15) is 5.56 Å². The van der Waals surface area contributed by atoms with E-state index in [9.17, 15) is 4.79 Å². The maximum absolute atomic E-state index is 11.1. The number of nitrogen functional groups attached to an aromatic ring is 1. The minimum Gasteiger partial charge on any atom is -0.477 e. The number of nitrogens with one attached hydrogen (secondary N) is 1. The number of hydrogen-bond acceptors (Lipinski definition) is 3. The first kappa shape index (κ1) is 11.2. The van der Waals surface area contributed by atoms with E-state index < -0.39 is 5.97 Å². The van der Waals surface area contributed by atoms with E-state index in [1.54, 1.807) is 0 Å². The molecule has 0 spiro atoms. The zero-order valence-electron chi connectivity index (χ0n) is 9.40. The number of aromatic nitrogens is 2. The van der Waals surface area contributed by atoms with Gasteiger partial charge in [-0.25, -0.2) is 4.79 Å². The minimum absolute atomic E-state index is 0.00654. The summed E-state index contributed by atoms with van der Waals surface area (Å²) < 4.78 is 0. The van der Waals surface area contributed by atoms with E-state index in [0.717, 1.165) is 12.0 Å². The highest BCUT2D eigenvalue weighted by Gasteiger charge is 2.18. The second-order valence-electron chi connectivity index (χ2n) is 3.71. The Labute approximate surface area is 98.3 Å². The normalized spacial score (nSPS) is 10.4. The highest BCUT2D eigenvalue weighted by Crippen LogP contribution is 2.25. The lowest BCUT2D eigenvalue weighted by Gasteiger charge is -2.02. The number of nitrogens with two attached hydrogens (primary N) is 1. The van der Waals surface area contributed by atoms with Gasteiger partial charge in [0.05, 0.1) is 5.69 Å². The largest absolute Gasteiger partial charge is 0.477 e. The van der Waals surface area contributed by atoms with Gasteiger partial charge in [-0.1, -0.05) is 31.2 Å². The van der Waals surface area contributed by atoms with Crippen LogP contribution in [0.1, 0.15) is 22.8 Å². The summed E-state index contributed by atoms with van der Waals surface area (Å²) in [7, 11) is 0. The SMILES string of the molecule is CCc1ccc(-c2[nH]nc(N)c2C(=O)O)cc1. The van der Waals surface area contributed by atoms with Crippen LogP contribution >= 0.6 is 0 Å². The molecule has 2 aromatic rings. The number of carboxylic acid groups (broad SMARTS) is 1. The molecule has 5 nitrogen and oxygen atoms in total. The molecular formula is C12H13N3O2. The molecule has 0 unspecified atom stereocenters. The van der Waals surface area contributed by atoms with Gasteiger partial charge < -0.3 is 10.8 Å². The third kappa shape index (κ3) is 1.99. The summed E-state index contributed by atoms with van der Waals surface area (Å²) in [5.74, 6) is -1.07. The first-order valence-electron chi connectivity index (χ1n) is 5.30. The summed E-state index contributed by atoms with van der Waals surface area (Å²) in [6.07, 6.45) is 0.942. The lowest BCUT2D eigenvalue weighted by Crippen LogP contribution is -2.01. The summed E-state index contributed by atoms with van der Waals surface area (Å²) in [5.41, 5.74) is 7.94. The van der Waals surface area contributed by atoms with Gasteiger partial charge in [0, 0.05) is 5.56 Å². The molecule has 0 aliphatic heterocycles. The topological polar surface area (TPSA) is 92.0 Å². The van der Waals surface area contributed by atoms with E-state index in [2.05, 4.69) is 17.1 Å². The zero-order chi connectivity index (χ0) is 12.4. The zero-order valence-corrected chi connectivity index (χ0v) is 9.40. The molecule has 2 rings (SSSR count). The number of aromatic amines is 1. The number of aromatic carboxylic acids is 1. The van der Waals surface area contributed by atoms with Crippen LogP contribution in [0.2, 0.25) is 0 Å². The highest BCUT2D eigenvalue weighted by molar-refractivity contribution is 5.99. The Morgan fingerprint density at radius 1 is 1.41 bits per heavy atom. The van der Waals surface area contributed by atoms with Gasteiger partial charge in [0.2, 0.25) is 0 Å². The Balaban J connectivity index is 2.49. The first-order chi connectivity index (χ1) is 8.13. The standard InChI is InChI=1S/C12H13N3O2/c1-2-7-3-5-8(6-4-7)10-9(12(16)17)11(13)15-14-10/h3-6H,2H2,1H3,(H,16,17)(H3,13,14,15). The monoisotopic (exact) mass is 231 g/mol. The summed E-state index contributed by atoms with van der Waals surface area (Å²) in [4.78, 5) is 11.1. The van der Waals surface area contributed by atoms with Gasteiger partial charge >= 0.3 is 5.97 Å². The Morgan fingerprint density at radius 3 is 2.59 bits per heavy atom. The van der Waals surface area contributed by atoms with Crippen LogP contribution in [0.5, 0.6) is 0 Å². The smallest absolute Gasteiger partial charge is 0.341 e. The van der Waals surface area contributed by atoms with Crippen molar-refractivity contribution >= 4 is 11.8 Å². The van der Waals surface area contributed by atoms with E-state index in [1.165, 1.54) is 5.56 Å². The number of benzene rings is 1. The molecule has 0 amide bonds. The molecule has 0 fully saturated rings. The van der Waals surface area contributed by atoms with Crippen LogP contribution in [0.4, 0.5) is 5.82 Å². The van der Waals surface area contributed by atoms with Crippen molar-refractivity contribution in [1.29, 1.82) is 0 Å². The van der Waals surface area contributed by atoms with Gasteiger partial charge in [-0.05, 0) is 12.0 Å². The molecule has 1 aromatic carbocycles. The van der Waals surface area contributed by atoms with Gasteiger partial charge in [0.15, 0.2) is 5.82 Å². The van der Waals surface area contributed by atoms with Crippen molar-refractivity contribution in [2.75, 3.05) is 5.73 Å². The van der Waals surface area contributed by atoms with E-state index in [1.807, 2.05) is 24.3 Å². The molecule has 0 aliphatic carbocycles. The Hall–Kier alpha value is -2.30. The molecule has 5 heteroatoms. The average Bonchev–Trinajstić information content (AvgIpc) is 2.71. The van der Waals surface area contributed by atoms with Crippen molar-refractivity contribution in [2.45, 2.75) is 13.3 Å². The molecule has 1 aromatic heterocycles. The van der Waals surface area contributed by atoms with Gasteiger partial charge in [-0.15, -0.1) is 0 Å². The Bertz CT molecular complexity index is 543. The van der Waals surface area contributed by atoms with Crippen LogP contribution < -0.4 is 5.73 Å². The maximum atomic E-state index is 11.1. The number of carboxylic acids is 1. The molecule has 17 heavy (non-hydrogen) atoms. The van der Waals surface area contributed by atoms with E-state index in [0.29, 0.717) is 5.69 Å². The second-order valence-corrected chi connectivity index (χ2v) is 3.71. The number of aryl methyl sites for hydroxylation is 1. The van der Waals surface area contributed by atoms with Crippen LogP contribution in [0.3, 0.4) is 0 Å². The molecule has 1 heterocycles. The van der Waals surface area contributed by atoms with Crippen molar-refractivity contribution < 1.29 is 9.90 Å². The number of hydrogen-bond donors (Lipinski definition) is 3. The highest BCUT2D eigenvalue weighted by atomic mass is 16.4. The van der Waals surface area contributed by atoms with Crippen LogP contribution in [0.25, 0.3) is 11.3 Å². The molecule has 0 atom stereocenters. The van der Waals surface area contributed by atoms with Crippen molar-refractivity contribution in [3.05, 3.63) is 35.4 Å². The second kappa shape index (κ2) is 4.29. The quantitative estimate of drug-likeness (QED) is 0.752. The fourth-order valence-corrected chi connectivity index (χ4v) is 1.69. The molecule has 0 saturated heterocycles. The minimum atomic E-state index is -1.08. The van der Waals surface area contributed by atoms with Crippen LogP contribution in [0, 0.1) is 0 Å². The lowest BCUT2D eigenvalue weighted by atomic mass is 10.0. The third-order valence-corrected chi connectivity index (χ3v) is 2.66. The Kier molecular flexibility index (Phi) is 2.82. The molecule has 4 N–H and O–H groups in total. The van der Waals surface area contributed by atoms with Gasteiger partial charge in [-0.2, -0.15) is 5.10 Å². The Morgan fingerprint density at radius 2 is 2.06 bits per heavy atom. The van der Waals surface area contributed by atoms with Crippen molar-refractivity contribution in [3.8, 4) is 11.3 Å². The third-order valence-electron chi connectivity index (χ3n) is 2.66. The lowest BCUT2D eigenvalue weighted by molar-refractivity contribution is 0.0699. The average molecular weight is 231 g/mol. The van der Waals surface area contributed by atoms with E-state index >= 15 is 0 Å². The summed E-state index contributed by atoms with van der Waals surface area (Å²) in [6.45, 7) is 2.06. The predicted molar refractivity (Wildman–Crippen MR) is 64.8 cm³/mol. The summed E-state index contributed by atoms with van der Waals surface area (Å²) in [6, 6.07) is 7.63. The molecule has 0 saturated carbocycles. The van der Waals surface area contributed by atoms with Gasteiger partial charge in [0.25, 0.3) is 0 Å². The van der Waals surface area contributed by atoms with Crippen LogP contribution in [-0.4, -0.2) is 21.3 Å². The fourth-order valence-electron chi connectivity index (χ4n) is 1.69. The van der Waals surface area contributed by atoms with Crippen molar-refractivity contribution in [3.63, 3.8) is 0 Å². The fraction of sp³-hybridized carbons (Fsp3) is 0.167. The van der Waals surface area contributed by atoms with E-state index in [4.69, 9.17) is 10.8 Å². The van der Waals surface area contributed by atoms with Crippen molar-refractivity contribution in [2.24, 2.45) is 0 Å². The molecule has 0 radical (unpaired) electrons. The molecule has 0 bridgehead atoms. The van der Waals surface area contributed by atoms with Crippen LogP contribution in [-0.2, 0) is 6.42 Å². The van der Waals surface area contributed by atoms with Gasteiger partial charge in [-0.3, -0.25) is 5.10 Å². The first-order valence-corrected chi connectivity index (χ1v) is 5.30. The molecule has 0 aliphatic rings. The summed E-state index contributed by atoms with van der Waals surface area (Å²) in [5, 5.41) is 15.4. The molecule has 88 valence electrons. The maximum Gasteiger partial charge on any atom is 0.341 e. The number of nitrogens with zero attached hydrogens (tertiary/aromatic N) is 1. The predicted octanol–water partition coefficient (Wildman–Crippen LogP) is 1.92. The van der Waals surface area contributed by atoms with Crippen LogP contribution in [0.15, 0.2) is 24.3 Å². The van der Waals surface area contributed by atoms with Crippen molar-refractivity contribution in [1.82, 2.24) is 10.2 Å². The molecular weight excluding hydrogens is 218 g/mol. The number of anilines is 1. The number of rotatable bonds is 3. The number of H-pyrrole nitrogens is 1.